The minimum Gasteiger partial charge on any atom is -0.349 e. The number of hydrogen-bond acceptors (Lipinski definition) is 2. The summed E-state index contributed by atoms with van der Waals surface area (Å²) < 4.78 is 0. The molecule has 0 spiro atoms. The van der Waals surface area contributed by atoms with E-state index in [2.05, 4.69) is 5.32 Å². The molecule has 0 rings (SSSR count). The highest BCUT2D eigenvalue weighted by atomic mass is 16.2. The first-order chi connectivity index (χ1) is 4.70. The largest absolute Gasteiger partial charge is 0.349 e. The monoisotopic (exact) mass is 143 g/mol. The molecule has 0 heterocycles. The van der Waals surface area contributed by atoms with E-state index in [4.69, 9.17) is 0 Å². The van der Waals surface area contributed by atoms with Crippen LogP contribution in [0.2, 0.25) is 0 Å². The van der Waals surface area contributed by atoms with Crippen molar-refractivity contribution in [3.8, 4) is 0 Å². The van der Waals surface area contributed by atoms with Gasteiger partial charge in [-0.25, -0.2) is 0 Å². The lowest BCUT2D eigenvalue weighted by Crippen LogP contribution is -2.28. The number of Topliss-reactive ketones (excluding diaryl/α,β-unsaturated/α-hetero) is 1. The van der Waals surface area contributed by atoms with Crippen molar-refractivity contribution < 1.29 is 9.59 Å². The highest BCUT2D eigenvalue weighted by Gasteiger charge is 1.99. The van der Waals surface area contributed by atoms with Gasteiger partial charge in [-0.3, -0.25) is 9.59 Å². The molecule has 0 fully saturated rings. The molecule has 0 bridgehead atoms. The summed E-state index contributed by atoms with van der Waals surface area (Å²) in [5.41, 5.74) is 0. The number of carbonyl (C=O) groups excluding carboxylic acids is 2. The van der Waals surface area contributed by atoms with Gasteiger partial charge in [-0.2, -0.15) is 0 Å². The Labute approximate surface area is 60.8 Å². The Bertz CT molecular complexity index is 116. The molecule has 0 radical (unpaired) electrons. The van der Waals surface area contributed by atoms with Gasteiger partial charge in [-0.1, -0.05) is 13.8 Å². The van der Waals surface area contributed by atoms with Gasteiger partial charge in [0.1, 0.15) is 0 Å². The van der Waals surface area contributed by atoms with Crippen LogP contribution in [0.15, 0.2) is 0 Å². The van der Waals surface area contributed by atoms with E-state index in [9.17, 15) is 9.59 Å². The van der Waals surface area contributed by atoms with Crippen molar-refractivity contribution in [1.29, 1.82) is 0 Å². The summed E-state index contributed by atoms with van der Waals surface area (Å²) in [6.07, 6.45) is 0.932. The van der Waals surface area contributed by atoms with Crippen LogP contribution < -0.4 is 5.32 Å². The summed E-state index contributed by atoms with van der Waals surface area (Å²) in [6.45, 7) is 3.72. The van der Waals surface area contributed by atoms with E-state index in [1.807, 2.05) is 0 Å². The second-order valence-electron chi connectivity index (χ2n) is 2.02. The number of nitrogens with one attached hydrogen (secondary N) is 1. The van der Waals surface area contributed by atoms with Crippen molar-refractivity contribution in [3.05, 3.63) is 0 Å². The summed E-state index contributed by atoms with van der Waals surface area (Å²) in [4.78, 5) is 21.2. The van der Waals surface area contributed by atoms with Crippen LogP contribution in [0.4, 0.5) is 0 Å². The second kappa shape index (κ2) is 4.97. The molecule has 3 nitrogen and oxygen atoms in total. The molecule has 0 aromatic rings. The number of rotatable bonds is 4. The number of ketones is 1. The minimum atomic E-state index is -0.0678. The topological polar surface area (TPSA) is 46.2 Å². The molecule has 0 unspecified atom stereocenters. The lowest BCUT2D eigenvalue weighted by molar-refractivity contribution is -0.124. The van der Waals surface area contributed by atoms with Crippen molar-refractivity contribution in [2.75, 3.05) is 6.54 Å². The first-order valence-corrected chi connectivity index (χ1v) is 3.49. The summed E-state index contributed by atoms with van der Waals surface area (Å²) in [6, 6.07) is 0. The first-order valence-electron chi connectivity index (χ1n) is 3.49. The van der Waals surface area contributed by atoms with Gasteiger partial charge in [0.05, 0.1) is 6.54 Å². The molecule has 1 N–H and O–H groups in total. The number of hydrogen-bond donors (Lipinski definition) is 1. The molecule has 0 aromatic heterocycles. The van der Waals surface area contributed by atoms with Crippen molar-refractivity contribution in [2.45, 2.75) is 26.7 Å². The Morgan fingerprint density at radius 2 is 1.80 bits per heavy atom. The molecule has 0 saturated carbocycles. The van der Waals surface area contributed by atoms with Crippen LogP contribution >= 0.6 is 0 Å². The van der Waals surface area contributed by atoms with E-state index < -0.39 is 0 Å². The zero-order valence-corrected chi connectivity index (χ0v) is 6.44. The van der Waals surface area contributed by atoms with E-state index in [-0.39, 0.29) is 18.2 Å². The van der Waals surface area contributed by atoms with Crippen LogP contribution in [0, 0.1) is 0 Å². The predicted molar refractivity (Wildman–Crippen MR) is 38.6 cm³/mol. The Morgan fingerprint density at radius 1 is 1.20 bits per heavy atom. The molecule has 10 heavy (non-hydrogen) atoms. The zero-order valence-electron chi connectivity index (χ0n) is 6.44. The lowest BCUT2D eigenvalue weighted by atomic mass is 10.3. The molecule has 0 aromatic carbocycles. The smallest absolute Gasteiger partial charge is 0.220 e. The number of carbonyl (C=O) groups is 2. The number of amides is 1. The third-order valence-electron chi connectivity index (χ3n) is 1.20. The van der Waals surface area contributed by atoms with E-state index in [1.165, 1.54) is 0 Å². The van der Waals surface area contributed by atoms with E-state index in [1.54, 1.807) is 13.8 Å². The van der Waals surface area contributed by atoms with Crippen LogP contribution in [-0.4, -0.2) is 18.2 Å². The highest BCUT2D eigenvalue weighted by molar-refractivity contribution is 5.85. The summed E-state index contributed by atoms with van der Waals surface area (Å²) in [7, 11) is 0. The molecule has 0 atom stereocenters. The maximum absolute atomic E-state index is 10.6. The molecular weight excluding hydrogens is 130 g/mol. The molecule has 58 valence electrons. The van der Waals surface area contributed by atoms with Gasteiger partial charge in [-0.15, -0.1) is 0 Å². The molecule has 3 heteroatoms. The predicted octanol–water partition coefficient (Wildman–Crippen LogP) is 0.492. The fourth-order valence-corrected chi connectivity index (χ4v) is 0.447. The third kappa shape index (κ3) is 4.06. The van der Waals surface area contributed by atoms with Crippen LogP contribution in [-0.2, 0) is 9.59 Å². The quantitative estimate of drug-likeness (QED) is 0.622. The zero-order chi connectivity index (χ0) is 7.98. The normalized spacial score (nSPS) is 9.00. The van der Waals surface area contributed by atoms with Crippen LogP contribution in [0.3, 0.4) is 0 Å². The van der Waals surface area contributed by atoms with Crippen LogP contribution in [0.1, 0.15) is 26.7 Å². The van der Waals surface area contributed by atoms with Crippen molar-refractivity contribution in [2.24, 2.45) is 0 Å². The van der Waals surface area contributed by atoms with Crippen LogP contribution in [0.5, 0.6) is 0 Å². The SMILES string of the molecule is CCC(=O)CNC(=O)CC. The van der Waals surface area contributed by atoms with Crippen molar-refractivity contribution in [3.63, 3.8) is 0 Å². The third-order valence-corrected chi connectivity index (χ3v) is 1.20. The second-order valence-corrected chi connectivity index (χ2v) is 2.02. The maximum Gasteiger partial charge on any atom is 0.220 e. The van der Waals surface area contributed by atoms with Gasteiger partial charge in [0.2, 0.25) is 5.91 Å². The van der Waals surface area contributed by atoms with Gasteiger partial charge in [-0.05, 0) is 0 Å². The van der Waals surface area contributed by atoms with Gasteiger partial charge in [0.25, 0.3) is 0 Å². The van der Waals surface area contributed by atoms with E-state index in [0.29, 0.717) is 12.8 Å². The van der Waals surface area contributed by atoms with Gasteiger partial charge < -0.3 is 5.32 Å². The average Bonchev–Trinajstić information content (AvgIpc) is 1.99. The average molecular weight is 143 g/mol. The summed E-state index contributed by atoms with van der Waals surface area (Å²) >= 11 is 0. The Morgan fingerprint density at radius 3 is 2.20 bits per heavy atom. The summed E-state index contributed by atoms with van der Waals surface area (Å²) in [5, 5.41) is 2.49. The van der Waals surface area contributed by atoms with Crippen molar-refractivity contribution in [1.82, 2.24) is 5.32 Å². The molecule has 1 amide bonds. The van der Waals surface area contributed by atoms with Gasteiger partial charge >= 0.3 is 0 Å². The Kier molecular flexibility index (Phi) is 4.54. The molecule has 0 aliphatic carbocycles. The van der Waals surface area contributed by atoms with Crippen LogP contribution in [0.25, 0.3) is 0 Å². The van der Waals surface area contributed by atoms with Crippen molar-refractivity contribution >= 4 is 11.7 Å². The fraction of sp³-hybridized carbons (Fsp3) is 0.714. The molecule has 0 aliphatic heterocycles. The molecule has 0 saturated heterocycles. The minimum absolute atomic E-state index is 0.0678. The lowest BCUT2D eigenvalue weighted by Gasteiger charge is -1.98. The standard InChI is InChI=1S/C7H13NO2/c1-3-6(9)5-8-7(10)4-2/h3-5H2,1-2H3,(H,8,10). The highest BCUT2D eigenvalue weighted by Crippen LogP contribution is 1.79. The van der Waals surface area contributed by atoms with Gasteiger partial charge in [0.15, 0.2) is 5.78 Å². The van der Waals surface area contributed by atoms with E-state index >= 15 is 0 Å². The maximum atomic E-state index is 10.6. The molecule has 0 aliphatic rings. The van der Waals surface area contributed by atoms with Gasteiger partial charge in [0, 0.05) is 12.8 Å². The van der Waals surface area contributed by atoms with E-state index in [0.717, 1.165) is 0 Å². The Balaban J connectivity index is 3.35. The Hall–Kier alpha value is -0.860. The molecular formula is C7H13NO2. The fourth-order valence-electron chi connectivity index (χ4n) is 0.447. The first kappa shape index (κ1) is 9.14. The summed E-state index contributed by atoms with van der Waals surface area (Å²) in [5.74, 6) is 0.00333.